The summed E-state index contributed by atoms with van der Waals surface area (Å²) >= 11 is 0. The molecule has 0 saturated carbocycles. The molecule has 14 heavy (non-hydrogen) atoms. The molecule has 0 unspecified atom stereocenters. The SMILES string of the molecule is CCN(C)C(=O)Cn1ccnc1C#N. The second kappa shape index (κ2) is 4.42. The number of likely N-dealkylation sites (N-methyl/N-ethyl adjacent to an activating group) is 1. The van der Waals surface area contributed by atoms with Crippen molar-refractivity contribution in [2.75, 3.05) is 13.6 Å². The third-order valence-electron chi connectivity index (χ3n) is 2.02. The topological polar surface area (TPSA) is 61.9 Å². The molecule has 0 aliphatic rings. The van der Waals surface area contributed by atoms with Gasteiger partial charge in [-0.2, -0.15) is 5.26 Å². The molecule has 0 aliphatic carbocycles. The molecule has 0 fully saturated rings. The lowest BCUT2D eigenvalue weighted by Gasteiger charge is -2.14. The van der Waals surface area contributed by atoms with Gasteiger partial charge in [-0.05, 0) is 6.92 Å². The van der Waals surface area contributed by atoms with Crippen molar-refractivity contribution < 1.29 is 4.79 Å². The van der Waals surface area contributed by atoms with E-state index >= 15 is 0 Å². The van der Waals surface area contributed by atoms with Gasteiger partial charge in [0, 0.05) is 26.0 Å². The van der Waals surface area contributed by atoms with Crippen molar-refractivity contribution in [1.82, 2.24) is 14.5 Å². The lowest BCUT2D eigenvalue weighted by atomic mass is 10.5. The molecule has 1 aromatic rings. The first-order valence-electron chi connectivity index (χ1n) is 4.34. The first-order chi connectivity index (χ1) is 6.69. The normalized spacial score (nSPS) is 9.50. The van der Waals surface area contributed by atoms with Gasteiger partial charge < -0.3 is 9.47 Å². The third kappa shape index (κ3) is 2.10. The van der Waals surface area contributed by atoms with Gasteiger partial charge in [0.2, 0.25) is 11.7 Å². The zero-order chi connectivity index (χ0) is 10.6. The number of amides is 1. The molecule has 1 aromatic heterocycles. The molecule has 1 rings (SSSR count). The fourth-order valence-corrected chi connectivity index (χ4v) is 0.993. The molecule has 0 atom stereocenters. The third-order valence-corrected chi connectivity index (χ3v) is 2.02. The minimum atomic E-state index is -0.0259. The van der Waals surface area contributed by atoms with Gasteiger partial charge in [0.05, 0.1) is 0 Å². The summed E-state index contributed by atoms with van der Waals surface area (Å²) in [6.45, 7) is 2.74. The summed E-state index contributed by atoms with van der Waals surface area (Å²) in [6, 6.07) is 1.92. The van der Waals surface area contributed by atoms with Gasteiger partial charge in [-0.3, -0.25) is 4.79 Å². The second-order valence-electron chi connectivity index (χ2n) is 2.90. The highest BCUT2D eigenvalue weighted by Gasteiger charge is 2.09. The maximum absolute atomic E-state index is 11.5. The van der Waals surface area contributed by atoms with Gasteiger partial charge >= 0.3 is 0 Å². The van der Waals surface area contributed by atoms with Gasteiger partial charge in [-0.1, -0.05) is 0 Å². The Kier molecular flexibility index (Phi) is 3.24. The Morgan fingerprint density at radius 2 is 2.50 bits per heavy atom. The van der Waals surface area contributed by atoms with Crippen LogP contribution in [0.15, 0.2) is 12.4 Å². The smallest absolute Gasteiger partial charge is 0.242 e. The Labute approximate surface area is 82.6 Å². The summed E-state index contributed by atoms with van der Waals surface area (Å²) in [6.07, 6.45) is 3.14. The summed E-state index contributed by atoms with van der Waals surface area (Å²) in [5, 5.41) is 8.66. The molecule has 0 aliphatic heterocycles. The fourth-order valence-electron chi connectivity index (χ4n) is 0.993. The van der Waals surface area contributed by atoms with Gasteiger partial charge in [-0.15, -0.1) is 0 Å². The van der Waals surface area contributed by atoms with Crippen molar-refractivity contribution in [3.8, 4) is 6.07 Å². The molecule has 5 nitrogen and oxygen atoms in total. The summed E-state index contributed by atoms with van der Waals surface area (Å²) < 4.78 is 1.54. The van der Waals surface area contributed by atoms with Crippen molar-refractivity contribution in [3.05, 3.63) is 18.2 Å². The van der Waals surface area contributed by atoms with Crippen LogP contribution in [0.5, 0.6) is 0 Å². The monoisotopic (exact) mass is 192 g/mol. The molecular formula is C9H12N4O. The minimum Gasteiger partial charge on any atom is -0.344 e. The second-order valence-corrected chi connectivity index (χ2v) is 2.90. The molecule has 0 radical (unpaired) electrons. The lowest BCUT2D eigenvalue weighted by molar-refractivity contribution is -0.130. The van der Waals surface area contributed by atoms with Gasteiger partial charge in [-0.25, -0.2) is 4.98 Å². The van der Waals surface area contributed by atoms with Crippen LogP contribution in [-0.4, -0.2) is 34.0 Å². The Bertz CT molecular complexity index is 363. The average molecular weight is 192 g/mol. The molecule has 5 heteroatoms. The van der Waals surface area contributed by atoms with Crippen LogP contribution in [0.1, 0.15) is 12.7 Å². The Morgan fingerprint density at radius 3 is 3.07 bits per heavy atom. The number of carbonyl (C=O) groups excluding carboxylic acids is 1. The Balaban J connectivity index is 2.70. The van der Waals surface area contributed by atoms with E-state index in [1.165, 1.54) is 10.8 Å². The minimum absolute atomic E-state index is 0.0259. The number of aromatic nitrogens is 2. The largest absolute Gasteiger partial charge is 0.344 e. The number of nitriles is 1. The molecule has 0 aromatic carbocycles. The number of hydrogen-bond donors (Lipinski definition) is 0. The van der Waals surface area contributed by atoms with E-state index in [9.17, 15) is 4.79 Å². The standard InChI is InChI=1S/C9H12N4O/c1-3-12(2)9(14)7-13-5-4-11-8(13)6-10/h4-5H,3,7H2,1-2H3. The number of nitrogens with zero attached hydrogens (tertiary/aromatic N) is 4. The van der Waals surface area contributed by atoms with E-state index < -0.39 is 0 Å². The molecule has 0 saturated heterocycles. The van der Waals surface area contributed by atoms with Crippen molar-refractivity contribution in [2.24, 2.45) is 0 Å². The van der Waals surface area contributed by atoms with Crippen LogP contribution in [0, 0.1) is 11.3 Å². The quantitative estimate of drug-likeness (QED) is 0.688. The molecule has 0 N–H and O–H groups in total. The van der Waals surface area contributed by atoms with Crippen LogP contribution in [-0.2, 0) is 11.3 Å². The maximum atomic E-state index is 11.5. The predicted molar refractivity (Wildman–Crippen MR) is 50.3 cm³/mol. The molecule has 0 bridgehead atoms. The average Bonchev–Trinajstić information content (AvgIpc) is 2.63. The van der Waals surface area contributed by atoms with Crippen LogP contribution < -0.4 is 0 Å². The van der Waals surface area contributed by atoms with Gasteiger partial charge in [0.1, 0.15) is 12.6 Å². The number of hydrogen-bond acceptors (Lipinski definition) is 3. The highest BCUT2D eigenvalue weighted by atomic mass is 16.2. The summed E-state index contributed by atoms with van der Waals surface area (Å²) in [4.78, 5) is 16.9. The fraction of sp³-hybridized carbons (Fsp3) is 0.444. The van der Waals surface area contributed by atoms with E-state index in [4.69, 9.17) is 5.26 Å². The van der Waals surface area contributed by atoms with E-state index in [1.807, 2.05) is 13.0 Å². The molecule has 0 spiro atoms. The summed E-state index contributed by atoms with van der Waals surface area (Å²) in [5.74, 6) is 0.241. The lowest BCUT2D eigenvalue weighted by Crippen LogP contribution is -2.30. The molecule has 74 valence electrons. The highest BCUT2D eigenvalue weighted by molar-refractivity contribution is 5.75. The zero-order valence-corrected chi connectivity index (χ0v) is 8.27. The van der Waals surface area contributed by atoms with E-state index in [-0.39, 0.29) is 18.3 Å². The number of carbonyl (C=O) groups is 1. The summed E-state index contributed by atoms with van der Waals surface area (Å²) in [5.41, 5.74) is 0. The first kappa shape index (κ1) is 10.3. The van der Waals surface area contributed by atoms with Crippen molar-refractivity contribution in [1.29, 1.82) is 5.26 Å². The molecular weight excluding hydrogens is 180 g/mol. The summed E-state index contributed by atoms with van der Waals surface area (Å²) in [7, 11) is 1.73. The van der Waals surface area contributed by atoms with Crippen LogP contribution in [0.4, 0.5) is 0 Å². The van der Waals surface area contributed by atoms with E-state index in [1.54, 1.807) is 18.1 Å². The van der Waals surface area contributed by atoms with Crippen molar-refractivity contribution >= 4 is 5.91 Å². The first-order valence-corrected chi connectivity index (χ1v) is 4.34. The highest BCUT2D eigenvalue weighted by Crippen LogP contribution is 1.97. The van der Waals surface area contributed by atoms with Crippen LogP contribution in [0.3, 0.4) is 0 Å². The van der Waals surface area contributed by atoms with Crippen LogP contribution in [0.25, 0.3) is 0 Å². The molecule has 1 heterocycles. The maximum Gasteiger partial charge on any atom is 0.242 e. The van der Waals surface area contributed by atoms with Crippen molar-refractivity contribution in [2.45, 2.75) is 13.5 Å². The van der Waals surface area contributed by atoms with Crippen LogP contribution >= 0.6 is 0 Å². The molecule has 1 amide bonds. The Morgan fingerprint density at radius 1 is 1.79 bits per heavy atom. The number of rotatable bonds is 3. The van der Waals surface area contributed by atoms with Crippen molar-refractivity contribution in [3.63, 3.8) is 0 Å². The van der Waals surface area contributed by atoms with Crippen LogP contribution in [0.2, 0.25) is 0 Å². The van der Waals surface area contributed by atoms with E-state index in [2.05, 4.69) is 4.98 Å². The zero-order valence-electron chi connectivity index (χ0n) is 8.27. The van der Waals surface area contributed by atoms with Gasteiger partial charge in [0.25, 0.3) is 0 Å². The Hall–Kier alpha value is -1.83. The van der Waals surface area contributed by atoms with E-state index in [0.717, 1.165) is 0 Å². The van der Waals surface area contributed by atoms with E-state index in [0.29, 0.717) is 6.54 Å². The van der Waals surface area contributed by atoms with Gasteiger partial charge in [0.15, 0.2) is 0 Å². The predicted octanol–water partition coefficient (Wildman–Crippen LogP) is 0.233. The number of imidazole rings is 1.